The van der Waals surface area contributed by atoms with Gasteiger partial charge in [0, 0.05) is 17.8 Å². The largest absolute Gasteiger partial charge is 0.322 e. The number of carbonyl (C=O) groups excluding carboxylic acids is 1. The van der Waals surface area contributed by atoms with E-state index in [1.807, 2.05) is 61.5 Å². The van der Waals surface area contributed by atoms with Gasteiger partial charge in [-0.15, -0.1) is 0 Å². The minimum atomic E-state index is -0.200. The Bertz CT molecular complexity index is 1060. The van der Waals surface area contributed by atoms with Crippen molar-refractivity contribution in [3.63, 3.8) is 0 Å². The Morgan fingerprint density at radius 2 is 1.74 bits per heavy atom. The maximum atomic E-state index is 13.0. The number of hydrogen-bond donors (Lipinski definition) is 2. The molecule has 0 atom stereocenters. The number of urea groups is 1. The van der Waals surface area contributed by atoms with Gasteiger partial charge in [0.1, 0.15) is 0 Å². The lowest BCUT2D eigenvalue weighted by Gasteiger charge is -2.25. The number of rotatable bonds is 9. The molecule has 0 unspecified atom stereocenters. The zero-order valence-electron chi connectivity index (χ0n) is 18.6. The van der Waals surface area contributed by atoms with E-state index in [1.165, 1.54) is 0 Å². The van der Waals surface area contributed by atoms with Crippen LogP contribution in [0.3, 0.4) is 0 Å². The number of nitrogens with one attached hydrogen (secondary N) is 2. The van der Waals surface area contributed by atoms with E-state index in [2.05, 4.69) is 29.0 Å². The summed E-state index contributed by atoms with van der Waals surface area (Å²) in [4.78, 5) is 32.9. The number of hydrogen-bond acceptors (Lipinski definition) is 3. The van der Waals surface area contributed by atoms with Crippen molar-refractivity contribution in [3.8, 4) is 0 Å². The zero-order chi connectivity index (χ0) is 22.2. The molecular weight excluding hydrogens is 388 g/mol. The van der Waals surface area contributed by atoms with Crippen LogP contribution in [0, 0.1) is 6.92 Å². The third-order valence-electron chi connectivity index (χ3n) is 5.64. The number of carbonyl (C=O) groups is 1. The van der Waals surface area contributed by atoms with Gasteiger partial charge in [-0.2, -0.15) is 0 Å². The van der Waals surface area contributed by atoms with Crippen molar-refractivity contribution in [2.45, 2.75) is 33.7 Å². The third kappa shape index (κ3) is 5.95. The van der Waals surface area contributed by atoms with Crippen molar-refractivity contribution in [1.82, 2.24) is 14.8 Å². The van der Waals surface area contributed by atoms with Crippen LogP contribution in [0.25, 0.3) is 10.9 Å². The van der Waals surface area contributed by atoms with Crippen molar-refractivity contribution in [1.29, 1.82) is 0 Å². The molecule has 0 aliphatic carbocycles. The van der Waals surface area contributed by atoms with Gasteiger partial charge in [0.2, 0.25) is 0 Å². The van der Waals surface area contributed by atoms with Crippen molar-refractivity contribution >= 4 is 22.6 Å². The molecule has 164 valence electrons. The van der Waals surface area contributed by atoms with Crippen molar-refractivity contribution in [2.24, 2.45) is 0 Å². The number of pyridine rings is 1. The van der Waals surface area contributed by atoms with Gasteiger partial charge in [0.25, 0.3) is 5.56 Å². The van der Waals surface area contributed by atoms with Gasteiger partial charge >= 0.3 is 6.03 Å². The first-order chi connectivity index (χ1) is 15.0. The van der Waals surface area contributed by atoms with E-state index >= 15 is 0 Å². The van der Waals surface area contributed by atoms with Crippen molar-refractivity contribution < 1.29 is 4.79 Å². The maximum absolute atomic E-state index is 13.0. The molecule has 1 heterocycles. The molecular formula is C25H32N4O2. The van der Waals surface area contributed by atoms with E-state index in [4.69, 9.17) is 0 Å². The van der Waals surface area contributed by atoms with E-state index in [1.54, 1.807) is 4.90 Å². The lowest BCUT2D eigenvalue weighted by molar-refractivity contribution is 0.202. The Hall–Kier alpha value is -3.12. The number of fused-ring (bicyclic) bond motifs is 1. The average molecular weight is 421 g/mol. The highest BCUT2D eigenvalue weighted by atomic mass is 16.2. The van der Waals surface area contributed by atoms with Crippen LogP contribution in [0.5, 0.6) is 0 Å². The highest BCUT2D eigenvalue weighted by Crippen LogP contribution is 2.16. The minimum Gasteiger partial charge on any atom is -0.321 e. The molecule has 0 bridgehead atoms. The lowest BCUT2D eigenvalue weighted by Crippen LogP contribution is -2.38. The summed E-state index contributed by atoms with van der Waals surface area (Å²) in [5, 5.41) is 3.93. The van der Waals surface area contributed by atoms with Crippen LogP contribution in [0.15, 0.2) is 59.4 Å². The Labute approximate surface area is 183 Å². The fourth-order valence-electron chi connectivity index (χ4n) is 3.75. The topological polar surface area (TPSA) is 68.4 Å². The number of anilines is 1. The van der Waals surface area contributed by atoms with Crippen LogP contribution in [0.1, 0.15) is 31.4 Å². The van der Waals surface area contributed by atoms with E-state index in [0.717, 1.165) is 48.2 Å². The molecule has 3 rings (SSSR count). The highest BCUT2D eigenvalue weighted by molar-refractivity contribution is 5.89. The van der Waals surface area contributed by atoms with Gasteiger partial charge in [0.05, 0.1) is 12.1 Å². The molecule has 0 aliphatic heterocycles. The number of nitrogens with zero attached hydrogens (tertiary/aromatic N) is 2. The van der Waals surface area contributed by atoms with Gasteiger partial charge in [-0.05, 0) is 62.1 Å². The van der Waals surface area contributed by atoms with Crippen LogP contribution in [0.4, 0.5) is 10.5 Å². The number of H-pyrrole nitrogens is 1. The summed E-state index contributed by atoms with van der Waals surface area (Å²) in [6, 6.07) is 17.0. The van der Waals surface area contributed by atoms with Crippen LogP contribution < -0.4 is 10.9 Å². The number of aromatic amines is 1. The Balaban J connectivity index is 1.81. The molecule has 2 aromatic carbocycles. The molecule has 1 aromatic heterocycles. The summed E-state index contributed by atoms with van der Waals surface area (Å²) in [7, 11) is 0. The van der Waals surface area contributed by atoms with E-state index in [-0.39, 0.29) is 18.1 Å². The molecule has 0 fully saturated rings. The molecule has 2 amide bonds. The molecule has 0 aliphatic rings. The molecule has 0 saturated carbocycles. The van der Waals surface area contributed by atoms with Gasteiger partial charge in [-0.3, -0.25) is 4.79 Å². The molecule has 3 aromatic rings. The van der Waals surface area contributed by atoms with Gasteiger partial charge in [-0.1, -0.05) is 50.2 Å². The van der Waals surface area contributed by atoms with Gasteiger partial charge in [-0.25, -0.2) is 4.79 Å². The first-order valence-electron chi connectivity index (χ1n) is 11.0. The Morgan fingerprint density at radius 3 is 2.45 bits per heavy atom. The summed E-state index contributed by atoms with van der Waals surface area (Å²) in [6.07, 6.45) is 0.842. The maximum Gasteiger partial charge on any atom is 0.322 e. The Kier molecular flexibility index (Phi) is 7.84. The quantitative estimate of drug-likeness (QED) is 0.531. The fraction of sp³-hybridized carbons (Fsp3) is 0.360. The fourth-order valence-corrected chi connectivity index (χ4v) is 3.75. The normalized spacial score (nSPS) is 11.1. The van der Waals surface area contributed by atoms with Crippen LogP contribution in [-0.4, -0.2) is 47.0 Å². The molecule has 6 nitrogen and oxygen atoms in total. The number of para-hydroxylation sites is 2. The summed E-state index contributed by atoms with van der Waals surface area (Å²) in [5.41, 5.74) is 3.05. The third-order valence-corrected chi connectivity index (χ3v) is 5.64. The molecule has 0 radical (unpaired) electrons. The average Bonchev–Trinajstić information content (AvgIpc) is 2.77. The van der Waals surface area contributed by atoms with Gasteiger partial charge < -0.3 is 20.1 Å². The van der Waals surface area contributed by atoms with Crippen LogP contribution >= 0.6 is 0 Å². The zero-order valence-corrected chi connectivity index (χ0v) is 18.6. The second kappa shape index (κ2) is 10.8. The smallest absolute Gasteiger partial charge is 0.321 e. The number of amides is 2. The summed E-state index contributed by atoms with van der Waals surface area (Å²) >= 11 is 0. The molecule has 0 spiro atoms. The monoisotopic (exact) mass is 420 g/mol. The summed E-state index contributed by atoms with van der Waals surface area (Å²) in [5.74, 6) is 0. The van der Waals surface area contributed by atoms with Crippen LogP contribution in [-0.2, 0) is 6.54 Å². The Morgan fingerprint density at radius 1 is 1.00 bits per heavy atom. The predicted molar refractivity (Wildman–Crippen MR) is 128 cm³/mol. The number of benzene rings is 2. The predicted octanol–water partition coefficient (Wildman–Crippen LogP) is 4.60. The van der Waals surface area contributed by atoms with Crippen molar-refractivity contribution in [3.05, 3.63) is 76.1 Å². The molecule has 6 heteroatoms. The summed E-state index contributed by atoms with van der Waals surface area (Å²) in [6.45, 7) is 9.96. The number of aromatic nitrogens is 1. The van der Waals surface area contributed by atoms with Crippen LogP contribution in [0.2, 0.25) is 0 Å². The van der Waals surface area contributed by atoms with E-state index < -0.39 is 0 Å². The second-order valence-electron chi connectivity index (χ2n) is 7.76. The van der Waals surface area contributed by atoms with Crippen molar-refractivity contribution in [2.75, 3.05) is 31.5 Å². The second-order valence-corrected chi connectivity index (χ2v) is 7.76. The lowest BCUT2D eigenvalue weighted by atomic mass is 10.1. The molecule has 0 saturated heterocycles. The minimum absolute atomic E-state index is 0.150. The standard InChI is InChI=1S/C25H32N4O2/c1-4-28(5-2)15-10-16-29(25(31)26-22-13-7-6-8-14-22)18-21-17-20-12-9-11-19(3)23(20)27-24(21)30/h6-9,11-14,17H,4-5,10,15-16,18H2,1-3H3,(H,26,31)(H,27,30). The number of aryl methyl sites for hydroxylation is 1. The molecule has 31 heavy (non-hydrogen) atoms. The highest BCUT2D eigenvalue weighted by Gasteiger charge is 2.17. The summed E-state index contributed by atoms with van der Waals surface area (Å²) < 4.78 is 0. The van der Waals surface area contributed by atoms with Gasteiger partial charge in [0.15, 0.2) is 0 Å². The van der Waals surface area contributed by atoms with E-state index in [0.29, 0.717) is 12.1 Å². The first kappa shape index (κ1) is 22.6. The first-order valence-corrected chi connectivity index (χ1v) is 11.0. The SMILES string of the molecule is CCN(CC)CCCN(Cc1cc2cccc(C)c2[nH]c1=O)C(=O)Nc1ccccc1. The van der Waals surface area contributed by atoms with E-state index in [9.17, 15) is 9.59 Å². The molecule has 2 N–H and O–H groups in total.